The van der Waals surface area contributed by atoms with Gasteiger partial charge in [-0.15, -0.1) is 0 Å². The highest BCUT2D eigenvalue weighted by Gasteiger charge is 2.19. The Hall–Kier alpha value is -4.47. The standard InChI is InChI=1S/C38H36ClNO6S/c1-2-45-38(42)32-12-6-10-30(24-32)29-14-18-35(19-15-29)47(43,44)36-20-16-34(17-21-36)46-23-22-40(26-28-8-4-3-5-9-28)27-37(41)31-11-7-13-33(39)25-31/h3-21,24-25,37,41H,2,22-23,26-27H2,1H3/t37-/m0/s1. The Labute approximate surface area is 280 Å². The van der Waals surface area contributed by atoms with E-state index in [1.165, 1.54) is 12.1 Å². The van der Waals surface area contributed by atoms with Gasteiger partial charge >= 0.3 is 5.97 Å². The van der Waals surface area contributed by atoms with E-state index in [2.05, 4.69) is 4.90 Å². The molecule has 9 heteroatoms. The van der Waals surface area contributed by atoms with Crippen molar-refractivity contribution in [3.8, 4) is 16.9 Å². The lowest BCUT2D eigenvalue weighted by atomic mass is 10.0. The maximum absolute atomic E-state index is 13.4. The molecule has 0 saturated carbocycles. The van der Waals surface area contributed by atoms with Crippen LogP contribution < -0.4 is 4.74 Å². The molecule has 5 rings (SSSR count). The lowest BCUT2D eigenvalue weighted by Gasteiger charge is -2.25. The second-order valence-electron chi connectivity index (χ2n) is 10.9. The van der Waals surface area contributed by atoms with Gasteiger partial charge in [-0.1, -0.05) is 78.3 Å². The van der Waals surface area contributed by atoms with Crippen molar-refractivity contribution in [1.29, 1.82) is 0 Å². The van der Waals surface area contributed by atoms with Crippen LogP contribution in [0.25, 0.3) is 11.1 Å². The Morgan fingerprint density at radius 1 is 0.809 bits per heavy atom. The van der Waals surface area contributed by atoms with Gasteiger partial charge in [-0.3, -0.25) is 4.90 Å². The number of hydrogen-bond acceptors (Lipinski definition) is 7. The number of sulfone groups is 1. The minimum absolute atomic E-state index is 0.150. The van der Waals surface area contributed by atoms with Crippen molar-refractivity contribution in [2.24, 2.45) is 0 Å². The predicted octanol–water partition coefficient (Wildman–Crippen LogP) is 7.63. The van der Waals surface area contributed by atoms with Crippen molar-refractivity contribution in [2.75, 3.05) is 26.3 Å². The molecule has 1 atom stereocenters. The molecule has 0 fully saturated rings. The van der Waals surface area contributed by atoms with E-state index in [1.54, 1.807) is 73.7 Å². The second kappa shape index (κ2) is 15.9. The van der Waals surface area contributed by atoms with Crippen molar-refractivity contribution in [3.05, 3.63) is 149 Å². The quantitative estimate of drug-likeness (QED) is 0.122. The zero-order valence-electron chi connectivity index (χ0n) is 26.0. The SMILES string of the molecule is CCOC(=O)c1cccc(-c2ccc(S(=O)(=O)c3ccc(OCCN(Cc4ccccc4)C[C@H](O)c4cccc(Cl)c4)cc3)cc2)c1. The minimum atomic E-state index is -3.77. The molecule has 0 bridgehead atoms. The summed E-state index contributed by atoms with van der Waals surface area (Å²) < 4.78 is 37.8. The number of aliphatic hydroxyl groups excluding tert-OH is 1. The van der Waals surface area contributed by atoms with Gasteiger partial charge in [0.15, 0.2) is 0 Å². The summed E-state index contributed by atoms with van der Waals surface area (Å²) in [6.07, 6.45) is -0.731. The van der Waals surface area contributed by atoms with Gasteiger partial charge in [0.2, 0.25) is 9.84 Å². The Morgan fingerprint density at radius 3 is 2.17 bits per heavy atom. The zero-order chi connectivity index (χ0) is 33.2. The van der Waals surface area contributed by atoms with E-state index in [4.69, 9.17) is 21.1 Å². The summed E-state index contributed by atoms with van der Waals surface area (Å²) in [5, 5.41) is 11.5. The van der Waals surface area contributed by atoms with Crippen LogP contribution in [0.5, 0.6) is 5.75 Å². The molecule has 242 valence electrons. The fourth-order valence-electron chi connectivity index (χ4n) is 5.15. The van der Waals surface area contributed by atoms with E-state index in [0.717, 1.165) is 22.3 Å². The summed E-state index contributed by atoms with van der Waals surface area (Å²) in [5.74, 6) is 0.133. The molecule has 7 nitrogen and oxygen atoms in total. The molecule has 0 aliphatic rings. The first-order valence-corrected chi connectivity index (χ1v) is 17.1. The normalized spacial score (nSPS) is 12.1. The Morgan fingerprint density at radius 2 is 1.49 bits per heavy atom. The van der Waals surface area contributed by atoms with Gasteiger partial charge < -0.3 is 14.6 Å². The monoisotopic (exact) mass is 669 g/mol. The third-order valence-corrected chi connectivity index (χ3v) is 9.62. The maximum Gasteiger partial charge on any atom is 0.338 e. The molecule has 0 heterocycles. The number of hydrogen-bond donors (Lipinski definition) is 1. The van der Waals surface area contributed by atoms with Crippen LogP contribution in [0.1, 0.15) is 34.5 Å². The van der Waals surface area contributed by atoms with Crippen LogP contribution in [0, 0.1) is 0 Å². The van der Waals surface area contributed by atoms with Crippen molar-refractivity contribution >= 4 is 27.4 Å². The van der Waals surface area contributed by atoms with E-state index in [-0.39, 0.29) is 16.4 Å². The fraction of sp³-hybridized carbons (Fsp3) is 0.184. The molecule has 5 aromatic rings. The molecule has 0 aliphatic carbocycles. The molecule has 5 aromatic carbocycles. The predicted molar refractivity (Wildman–Crippen MR) is 183 cm³/mol. The molecule has 47 heavy (non-hydrogen) atoms. The number of ether oxygens (including phenoxy) is 2. The molecule has 0 amide bonds. The summed E-state index contributed by atoms with van der Waals surface area (Å²) in [7, 11) is -3.77. The van der Waals surface area contributed by atoms with Crippen LogP contribution in [0.4, 0.5) is 0 Å². The van der Waals surface area contributed by atoms with E-state index >= 15 is 0 Å². The minimum Gasteiger partial charge on any atom is -0.492 e. The van der Waals surface area contributed by atoms with Crippen molar-refractivity contribution in [2.45, 2.75) is 29.4 Å². The first kappa shape index (κ1) is 33.9. The molecular formula is C38H36ClNO6S. The number of carbonyl (C=O) groups is 1. The maximum atomic E-state index is 13.4. The van der Waals surface area contributed by atoms with Gasteiger partial charge in [-0.05, 0) is 89.8 Å². The van der Waals surface area contributed by atoms with Crippen LogP contribution in [-0.2, 0) is 21.1 Å². The zero-order valence-corrected chi connectivity index (χ0v) is 27.5. The van der Waals surface area contributed by atoms with Gasteiger partial charge in [0, 0.05) is 24.7 Å². The smallest absolute Gasteiger partial charge is 0.338 e. The highest BCUT2D eigenvalue weighted by molar-refractivity contribution is 7.91. The summed E-state index contributed by atoms with van der Waals surface area (Å²) in [5.41, 5.74) is 3.84. The summed E-state index contributed by atoms with van der Waals surface area (Å²) >= 11 is 6.14. The highest BCUT2D eigenvalue weighted by atomic mass is 35.5. The van der Waals surface area contributed by atoms with Gasteiger partial charge in [-0.25, -0.2) is 13.2 Å². The lowest BCUT2D eigenvalue weighted by molar-refractivity contribution is 0.0526. The van der Waals surface area contributed by atoms with Crippen molar-refractivity contribution in [1.82, 2.24) is 4.90 Å². The van der Waals surface area contributed by atoms with Crippen LogP contribution in [0.2, 0.25) is 5.02 Å². The van der Waals surface area contributed by atoms with Crippen molar-refractivity contribution in [3.63, 3.8) is 0 Å². The Bertz CT molecular complexity index is 1880. The summed E-state index contributed by atoms with van der Waals surface area (Å²) in [4.78, 5) is 14.5. The average molecular weight is 670 g/mol. The summed E-state index contributed by atoms with van der Waals surface area (Å²) in [6, 6.07) is 37.2. The summed E-state index contributed by atoms with van der Waals surface area (Å²) in [6.45, 7) is 3.90. The molecular weight excluding hydrogens is 634 g/mol. The average Bonchev–Trinajstić information content (AvgIpc) is 3.09. The number of benzene rings is 5. The number of nitrogens with zero attached hydrogens (tertiary/aromatic N) is 1. The molecule has 0 unspecified atom stereocenters. The topological polar surface area (TPSA) is 93.1 Å². The van der Waals surface area contributed by atoms with Gasteiger partial charge in [0.25, 0.3) is 0 Å². The van der Waals surface area contributed by atoms with E-state index in [9.17, 15) is 18.3 Å². The van der Waals surface area contributed by atoms with Gasteiger partial charge in [0.1, 0.15) is 12.4 Å². The first-order valence-electron chi connectivity index (χ1n) is 15.3. The van der Waals surface area contributed by atoms with Crippen LogP contribution >= 0.6 is 11.6 Å². The molecule has 0 aromatic heterocycles. The van der Waals surface area contributed by atoms with Crippen LogP contribution in [0.15, 0.2) is 137 Å². The van der Waals surface area contributed by atoms with Gasteiger partial charge in [-0.2, -0.15) is 0 Å². The fourth-order valence-corrected chi connectivity index (χ4v) is 6.61. The second-order valence-corrected chi connectivity index (χ2v) is 13.3. The number of esters is 1. The third kappa shape index (κ3) is 9.08. The number of halogens is 1. The van der Waals surface area contributed by atoms with E-state index < -0.39 is 21.9 Å². The molecule has 0 spiro atoms. The van der Waals surface area contributed by atoms with Crippen molar-refractivity contribution < 1.29 is 27.8 Å². The third-order valence-electron chi connectivity index (χ3n) is 7.60. The van der Waals surface area contributed by atoms with Crippen LogP contribution in [0.3, 0.4) is 0 Å². The van der Waals surface area contributed by atoms with E-state index in [0.29, 0.717) is 42.6 Å². The molecule has 0 saturated heterocycles. The molecule has 0 aliphatic heterocycles. The van der Waals surface area contributed by atoms with Crippen LogP contribution in [-0.4, -0.2) is 50.7 Å². The Kier molecular flexibility index (Phi) is 11.5. The molecule has 0 radical (unpaired) electrons. The van der Waals surface area contributed by atoms with Gasteiger partial charge in [0.05, 0.1) is 28.1 Å². The number of aliphatic hydroxyl groups is 1. The first-order chi connectivity index (χ1) is 22.7. The Balaban J connectivity index is 1.21. The largest absolute Gasteiger partial charge is 0.492 e. The highest BCUT2D eigenvalue weighted by Crippen LogP contribution is 2.27. The number of carbonyl (C=O) groups excluding carboxylic acids is 1. The van der Waals surface area contributed by atoms with E-state index in [1.807, 2.05) is 48.5 Å². The molecule has 1 N–H and O–H groups in total. The number of rotatable bonds is 14. The lowest BCUT2D eigenvalue weighted by Crippen LogP contribution is -2.32.